The van der Waals surface area contributed by atoms with Crippen molar-refractivity contribution < 1.29 is 4.39 Å². The van der Waals surface area contributed by atoms with Gasteiger partial charge in [-0.15, -0.1) is 0 Å². The summed E-state index contributed by atoms with van der Waals surface area (Å²) in [6, 6.07) is 10.5. The van der Waals surface area contributed by atoms with Crippen LogP contribution in [0, 0.1) is 16.3 Å². The van der Waals surface area contributed by atoms with Gasteiger partial charge in [-0.25, -0.2) is 4.39 Å². The van der Waals surface area contributed by atoms with Gasteiger partial charge in [-0.3, -0.25) is 0 Å². The fourth-order valence-corrected chi connectivity index (χ4v) is 3.12. The molecule has 0 heterocycles. The summed E-state index contributed by atoms with van der Waals surface area (Å²) in [6.07, 6.45) is 0. The lowest BCUT2D eigenvalue weighted by atomic mass is 9.97. The number of rotatable bonds is 4. The summed E-state index contributed by atoms with van der Waals surface area (Å²) in [6.45, 7) is 4.88. The standard InChI is InChI=1S/C16H16ClFIN/c1-3-20-16(12-6-4-5-10(2)15(12)19)13-9-11(18)7-8-14(13)17/h4-9,16,20H,3H2,1-2H3. The van der Waals surface area contributed by atoms with Crippen molar-refractivity contribution in [3.8, 4) is 0 Å². The molecule has 1 nitrogen and oxygen atoms in total. The molecular weight excluding hydrogens is 388 g/mol. The highest BCUT2D eigenvalue weighted by Crippen LogP contribution is 2.32. The van der Waals surface area contributed by atoms with Crippen LogP contribution >= 0.6 is 34.2 Å². The van der Waals surface area contributed by atoms with E-state index in [2.05, 4.69) is 47.0 Å². The molecule has 0 radical (unpaired) electrons. The Kier molecular flexibility index (Phi) is 5.41. The van der Waals surface area contributed by atoms with Crippen molar-refractivity contribution in [3.63, 3.8) is 0 Å². The van der Waals surface area contributed by atoms with E-state index < -0.39 is 0 Å². The first-order chi connectivity index (χ1) is 9.54. The van der Waals surface area contributed by atoms with Crippen molar-refractivity contribution in [2.24, 2.45) is 0 Å². The second kappa shape index (κ2) is 6.87. The predicted octanol–water partition coefficient (Wildman–Crippen LogP) is 5.09. The molecule has 0 saturated carbocycles. The fraction of sp³-hybridized carbons (Fsp3) is 0.250. The molecule has 0 aromatic heterocycles. The molecule has 0 aliphatic carbocycles. The average molecular weight is 404 g/mol. The minimum absolute atomic E-state index is 0.102. The molecule has 1 N–H and O–H groups in total. The third-order valence-corrected chi connectivity index (χ3v) is 5.03. The molecule has 0 bridgehead atoms. The number of aryl methyl sites for hydroxylation is 1. The molecule has 106 valence electrons. The van der Waals surface area contributed by atoms with E-state index >= 15 is 0 Å². The van der Waals surface area contributed by atoms with E-state index in [4.69, 9.17) is 11.6 Å². The quantitative estimate of drug-likeness (QED) is 0.701. The molecule has 1 atom stereocenters. The lowest BCUT2D eigenvalue weighted by Gasteiger charge is -2.22. The van der Waals surface area contributed by atoms with Crippen LogP contribution in [0.25, 0.3) is 0 Å². The van der Waals surface area contributed by atoms with Gasteiger partial charge in [0.05, 0.1) is 6.04 Å². The third kappa shape index (κ3) is 3.32. The van der Waals surface area contributed by atoms with Gasteiger partial charge < -0.3 is 5.32 Å². The van der Waals surface area contributed by atoms with Crippen LogP contribution in [0.5, 0.6) is 0 Å². The van der Waals surface area contributed by atoms with Crippen LogP contribution in [0.3, 0.4) is 0 Å². The Hall–Kier alpha value is -0.650. The van der Waals surface area contributed by atoms with E-state index in [1.54, 1.807) is 6.07 Å². The summed E-state index contributed by atoms with van der Waals surface area (Å²) in [7, 11) is 0. The van der Waals surface area contributed by atoms with Crippen LogP contribution in [0.4, 0.5) is 4.39 Å². The van der Waals surface area contributed by atoms with E-state index in [1.807, 2.05) is 13.0 Å². The fourth-order valence-electron chi connectivity index (χ4n) is 2.22. The van der Waals surface area contributed by atoms with Crippen molar-refractivity contribution in [1.82, 2.24) is 5.32 Å². The van der Waals surface area contributed by atoms with Crippen LogP contribution < -0.4 is 5.32 Å². The largest absolute Gasteiger partial charge is 0.306 e. The van der Waals surface area contributed by atoms with E-state index in [0.29, 0.717) is 5.02 Å². The van der Waals surface area contributed by atoms with Gasteiger partial charge in [0, 0.05) is 8.59 Å². The molecule has 0 spiro atoms. The zero-order valence-corrected chi connectivity index (χ0v) is 14.3. The number of nitrogens with one attached hydrogen (secondary N) is 1. The second-order valence-electron chi connectivity index (χ2n) is 4.63. The van der Waals surface area contributed by atoms with Crippen LogP contribution in [0.15, 0.2) is 36.4 Å². The van der Waals surface area contributed by atoms with Crippen molar-refractivity contribution in [2.45, 2.75) is 19.9 Å². The number of hydrogen-bond donors (Lipinski definition) is 1. The van der Waals surface area contributed by atoms with E-state index in [0.717, 1.165) is 17.7 Å². The molecule has 2 aromatic carbocycles. The smallest absolute Gasteiger partial charge is 0.123 e. The molecule has 20 heavy (non-hydrogen) atoms. The maximum Gasteiger partial charge on any atom is 0.123 e. The highest BCUT2D eigenvalue weighted by atomic mass is 127. The molecule has 1 unspecified atom stereocenters. The first-order valence-electron chi connectivity index (χ1n) is 6.48. The number of hydrogen-bond acceptors (Lipinski definition) is 1. The molecule has 0 fully saturated rings. The van der Waals surface area contributed by atoms with Crippen molar-refractivity contribution in [3.05, 3.63) is 67.5 Å². The zero-order chi connectivity index (χ0) is 14.7. The summed E-state index contributed by atoms with van der Waals surface area (Å²) in [5, 5.41) is 3.97. The molecule has 0 aliphatic heterocycles. The summed E-state index contributed by atoms with van der Waals surface area (Å²) < 4.78 is 14.7. The first kappa shape index (κ1) is 15.7. The van der Waals surface area contributed by atoms with E-state index in [9.17, 15) is 4.39 Å². The molecule has 4 heteroatoms. The molecular formula is C16H16ClFIN. The van der Waals surface area contributed by atoms with E-state index in [-0.39, 0.29) is 11.9 Å². The van der Waals surface area contributed by atoms with Gasteiger partial charge in [-0.2, -0.15) is 0 Å². The second-order valence-corrected chi connectivity index (χ2v) is 6.12. The summed E-state index contributed by atoms with van der Waals surface area (Å²) in [5.41, 5.74) is 3.11. The van der Waals surface area contributed by atoms with Gasteiger partial charge in [0.25, 0.3) is 0 Å². The Balaban J connectivity index is 2.56. The lowest BCUT2D eigenvalue weighted by Crippen LogP contribution is -2.23. The summed E-state index contributed by atoms with van der Waals surface area (Å²) in [5.74, 6) is -0.269. The molecule has 0 saturated heterocycles. The SMILES string of the molecule is CCNC(c1cc(F)ccc1Cl)c1cccc(C)c1I. The lowest BCUT2D eigenvalue weighted by molar-refractivity contribution is 0.602. The summed E-state index contributed by atoms with van der Waals surface area (Å²) in [4.78, 5) is 0. The van der Waals surface area contributed by atoms with Crippen LogP contribution in [0.2, 0.25) is 5.02 Å². The molecule has 0 aliphatic rings. The number of halogens is 3. The van der Waals surface area contributed by atoms with Gasteiger partial charge in [0.15, 0.2) is 0 Å². The van der Waals surface area contributed by atoms with Crippen molar-refractivity contribution in [1.29, 1.82) is 0 Å². The highest BCUT2D eigenvalue weighted by Gasteiger charge is 2.19. The van der Waals surface area contributed by atoms with Crippen LogP contribution in [0.1, 0.15) is 29.7 Å². The Labute approximate surface area is 137 Å². The summed E-state index contributed by atoms with van der Waals surface area (Å²) >= 11 is 8.59. The van der Waals surface area contributed by atoms with Crippen molar-refractivity contribution >= 4 is 34.2 Å². The zero-order valence-electron chi connectivity index (χ0n) is 11.4. The van der Waals surface area contributed by atoms with Crippen LogP contribution in [-0.4, -0.2) is 6.54 Å². The Morgan fingerprint density at radius 1 is 1.25 bits per heavy atom. The third-order valence-electron chi connectivity index (χ3n) is 3.21. The molecule has 2 aromatic rings. The number of benzene rings is 2. The highest BCUT2D eigenvalue weighted by molar-refractivity contribution is 14.1. The minimum atomic E-state index is -0.269. The van der Waals surface area contributed by atoms with Gasteiger partial charge in [-0.1, -0.05) is 36.7 Å². The maximum atomic E-state index is 13.6. The average Bonchev–Trinajstić information content (AvgIpc) is 2.43. The van der Waals surface area contributed by atoms with Gasteiger partial charge in [-0.05, 0) is 70.9 Å². The normalized spacial score (nSPS) is 12.4. The Morgan fingerprint density at radius 2 is 2.00 bits per heavy atom. The predicted molar refractivity (Wildman–Crippen MR) is 90.8 cm³/mol. The Bertz CT molecular complexity index is 613. The molecule has 0 amide bonds. The van der Waals surface area contributed by atoms with Gasteiger partial charge in [0.1, 0.15) is 5.82 Å². The molecule has 2 rings (SSSR count). The minimum Gasteiger partial charge on any atom is -0.306 e. The maximum absolute atomic E-state index is 13.6. The monoisotopic (exact) mass is 403 g/mol. The van der Waals surface area contributed by atoms with Gasteiger partial charge in [0.2, 0.25) is 0 Å². The van der Waals surface area contributed by atoms with E-state index in [1.165, 1.54) is 21.3 Å². The van der Waals surface area contributed by atoms with Crippen molar-refractivity contribution in [2.75, 3.05) is 6.54 Å². The Morgan fingerprint density at radius 3 is 2.70 bits per heavy atom. The first-order valence-corrected chi connectivity index (χ1v) is 7.93. The van der Waals surface area contributed by atoms with Crippen LogP contribution in [-0.2, 0) is 0 Å². The van der Waals surface area contributed by atoms with Gasteiger partial charge >= 0.3 is 0 Å². The topological polar surface area (TPSA) is 12.0 Å².